The number of amides is 2. The largest absolute Gasteiger partial charge is 0.391 e. The molecule has 0 aliphatic heterocycles. The molecule has 1 aromatic carbocycles. The lowest BCUT2D eigenvalue weighted by Gasteiger charge is -2.25. The fourth-order valence-corrected chi connectivity index (χ4v) is 1.94. The Hall–Kier alpha value is -2.34. The molecule has 2 amide bonds. The van der Waals surface area contributed by atoms with Gasteiger partial charge in [0, 0.05) is 24.6 Å². The van der Waals surface area contributed by atoms with Gasteiger partial charge in [0.05, 0.1) is 11.8 Å². The first kappa shape index (κ1) is 17.0. The van der Waals surface area contributed by atoms with Crippen molar-refractivity contribution in [1.29, 1.82) is 0 Å². The Morgan fingerprint density at radius 3 is 2.57 bits per heavy atom. The second-order valence-corrected chi connectivity index (χ2v) is 6.47. The molecule has 23 heavy (non-hydrogen) atoms. The molecule has 0 saturated carbocycles. The van der Waals surface area contributed by atoms with E-state index in [2.05, 4.69) is 10.6 Å². The minimum Gasteiger partial charge on any atom is -0.391 e. The van der Waals surface area contributed by atoms with Crippen LogP contribution in [-0.4, -0.2) is 28.4 Å². The Morgan fingerprint density at radius 2 is 1.96 bits per heavy atom. The summed E-state index contributed by atoms with van der Waals surface area (Å²) in [6.45, 7) is 5.71. The number of rotatable bonds is 4. The van der Waals surface area contributed by atoms with E-state index in [9.17, 15) is 14.3 Å². The van der Waals surface area contributed by atoms with Gasteiger partial charge in [0.2, 0.25) is 0 Å². The molecule has 6 heteroatoms. The Balaban J connectivity index is 2.02. The van der Waals surface area contributed by atoms with E-state index in [4.69, 9.17) is 0 Å². The Kier molecular flexibility index (Phi) is 5.05. The van der Waals surface area contributed by atoms with Gasteiger partial charge < -0.3 is 20.3 Å². The predicted octanol–water partition coefficient (Wildman–Crippen LogP) is 3.14. The van der Waals surface area contributed by atoms with Gasteiger partial charge in [-0.2, -0.15) is 0 Å². The van der Waals surface area contributed by atoms with E-state index in [0.29, 0.717) is 0 Å². The summed E-state index contributed by atoms with van der Waals surface area (Å²) in [7, 11) is 0. The van der Waals surface area contributed by atoms with Gasteiger partial charge in [-0.1, -0.05) is 20.8 Å². The van der Waals surface area contributed by atoms with Crippen LogP contribution in [0.3, 0.4) is 0 Å². The van der Waals surface area contributed by atoms with Crippen molar-refractivity contribution in [3.63, 3.8) is 0 Å². The van der Waals surface area contributed by atoms with Gasteiger partial charge in [0.25, 0.3) is 0 Å². The molecule has 2 aromatic rings. The molecule has 0 spiro atoms. The van der Waals surface area contributed by atoms with E-state index in [1.54, 1.807) is 12.1 Å². The summed E-state index contributed by atoms with van der Waals surface area (Å²) in [4.78, 5) is 11.9. The van der Waals surface area contributed by atoms with Crippen LogP contribution in [0.5, 0.6) is 0 Å². The summed E-state index contributed by atoms with van der Waals surface area (Å²) in [6.07, 6.45) is 2.97. The van der Waals surface area contributed by atoms with Crippen LogP contribution in [-0.2, 0) is 0 Å². The van der Waals surface area contributed by atoms with Gasteiger partial charge in [0.15, 0.2) is 0 Å². The molecule has 0 aliphatic rings. The summed E-state index contributed by atoms with van der Waals surface area (Å²) < 4.78 is 15.7. The fraction of sp³-hybridized carbons (Fsp3) is 0.353. The zero-order chi connectivity index (χ0) is 17.0. The van der Waals surface area contributed by atoms with Crippen molar-refractivity contribution in [2.24, 2.45) is 5.41 Å². The molecule has 0 saturated heterocycles. The van der Waals surface area contributed by atoms with Crippen molar-refractivity contribution >= 4 is 11.7 Å². The molecule has 5 nitrogen and oxygen atoms in total. The third-order valence-corrected chi connectivity index (χ3v) is 3.56. The van der Waals surface area contributed by atoms with Gasteiger partial charge in [-0.25, -0.2) is 9.18 Å². The van der Waals surface area contributed by atoms with Crippen molar-refractivity contribution in [2.75, 3.05) is 11.9 Å². The molecule has 0 radical (unpaired) electrons. The monoisotopic (exact) mass is 319 g/mol. The number of carbonyl (C=O) groups excluding carboxylic acids is 1. The summed E-state index contributed by atoms with van der Waals surface area (Å²) in [6, 6.07) is 7.64. The average Bonchev–Trinajstić information content (AvgIpc) is 3.00. The van der Waals surface area contributed by atoms with Crippen LogP contribution in [0.1, 0.15) is 20.8 Å². The molecule has 1 atom stereocenters. The van der Waals surface area contributed by atoms with E-state index in [1.807, 2.05) is 49.9 Å². The maximum Gasteiger partial charge on any atom is 0.319 e. The number of aliphatic hydroxyl groups is 1. The van der Waals surface area contributed by atoms with Gasteiger partial charge in [-0.3, -0.25) is 0 Å². The number of aromatic nitrogens is 1. The molecule has 1 unspecified atom stereocenters. The van der Waals surface area contributed by atoms with E-state index >= 15 is 0 Å². The number of benzene rings is 1. The van der Waals surface area contributed by atoms with Gasteiger partial charge >= 0.3 is 6.03 Å². The molecule has 3 N–H and O–H groups in total. The number of carbonyl (C=O) groups is 1. The Labute approximate surface area is 135 Å². The number of hydrogen-bond donors (Lipinski definition) is 3. The second-order valence-electron chi connectivity index (χ2n) is 6.47. The van der Waals surface area contributed by atoms with Crippen LogP contribution >= 0.6 is 0 Å². The maximum absolute atomic E-state index is 13.9. The van der Waals surface area contributed by atoms with Crippen LogP contribution < -0.4 is 10.6 Å². The molecule has 0 aliphatic carbocycles. The second kappa shape index (κ2) is 6.83. The standard InChI is InChI=1S/C17H22FN3O2/c1-17(2,3)15(22)11-19-16(23)20-14-10-12(6-7-13(14)18)21-8-4-5-9-21/h4-10,15,22H,11H2,1-3H3,(H2,19,20,23). The van der Waals surface area contributed by atoms with Crippen molar-refractivity contribution in [1.82, 2.24) is 9.88 Å². The fourth-order valence-electron chi connectivity index (χ4n) is 1.94. The van der Waals surface area contributed by atoms with Crippen LogP contribution in [0.15, 0.2) is 42.7 Å². The summed E-state index contributed by atoms with van der Waals surface area (Å²) in [5.41, 5.74) is 0.479. The molecule has 1 aromatic heterocycles. The lowest BCUT2D eigenvalue weighted by molar-refractivity contribution is 0.0654. The number of halogens is 1. The van der Waals surface area contributed by atoms with E-state index < -0.39 is 18.0 Å². The highest BCUT2D eigenvalue weighted by Crippen LogP contribution is 2.20. The zero-order valence-corrected chi connectivity index (χ0v) is 13.5. The molecular formula is C17H22FN3O2. The van der Waals surface area contributed by atoms with Crippen molar-refractivity contribution in [3.8, 4) is 5.69 Å². The van der Waals surface area contributed by atoms with Crippen molar-refractivity contribution in [2.45, 2.75) is 26.9 Å². The highest BCUT2D eigenvalue weighted by Gasteiger charge is 2.22. The third kappa shape index (κ3) is 4.56. The van der Waals surface area contributed by atoms with E-state index in [1.165, 1.54) is 6.07 Å². The van der Waals surface area contributed by atoms with Gasteiger partial charge in [-0.15, -0.1) is 0 Å². The topological polar surface area (TPSA) is 66.3 Å². The van der Waals surface area contributed by atoms with Crippen LogP contribution in [0.2, 0.25) is 0 Å². The van der Waals surface area contributed by atoms with Crippen molar-refractivity contribution < 1.29 is 14.3 Å². The lowest BCUT2D eigenvalue weighted by Crippen LogP contribution is -2.41. The number of hydrogen-bond acceptors (Lipinski definition) is 2. The third-order valence-electron chi connectivity index (χ3n) is 3.56. The quantitative estimate of drug-likeness (QED) is 0.810. The first-order valence-corrected chi connectivity index (χ1v) is 7.43. The van der Waals surface area contributed by atoms with Gasteiger partial charge in [0.1, 0.15) is 5.82 Å². The first-order chi connectivity index (χ1) is 10.8. The molecular weight excluding hydrogens is 297 g/mol. The normalized spacial score (nSPS) is 12.7. The lowest BCUT2D eigenvalue weighted by atomic mass is 9.89. The van der Waals surface area contributed by atoms with Gasteiger partial charge in [-0.05, 0) is 35.7 Å². The summed E-state index contributed by atoms with van der Waals surface area (Å²) >= 11 is 0. The van der Waals surface area contributed by atoms with Crippen LogP contribution in [0.4, 0.5) is 14.9 Å². The van der Waals surface area contributed by atoms with Crippen LogP contribution in [0, 0.1) is 11.2 Å². The number of anilines is 1. The smallest absolute Gasteiger partial charge is 0.319 e. The maximum atomic E-state index is 13.9. The predicted molar refractivity (Wildman–Crippen MR) is 88.2 cm³/mol. The molecule has 0 bridgehead atoms. The first-order valence-electron chi connectivity index (χ1n) is 7.43. The number of nitrogens with zero attached hydrogens (tertiary/aromatic N) is 1. The number of urea groups is 1. The Morgan fingerprint density at radius 1 is 1.30 bits per heavy atom. The number of nitrogens with one attached hydrogen (secondary N) is 2. The van der Waals surface area contributed by atoms with Crippen molar-refractivity contribution in [3.05, 3.63) is 48.5 Å². The zero-order valence-electron chi connectivity index (χ0n) is 13.5. The molecule has 1 heterocycles. The highest BCUT2D eigenvalue weighted by molar-refractivity contribution is 5.89. The highest BCUT2D eigenvalue weighted by atomic mass is 19.1. The Bertz CT molecular complexity index is 663. The SMILES string of the molecule is CC(C)(C)C(O)CNC(=O)Nc1cc(-n2cccc2)ccc1F. The molecule has 2 rings (SSSR count). The minimum absolute atomic E-state index is 0.0824. The summed E-state index contributed by atoms with van der Waals surface area (Å²) in [5, 5.41) is 14.9. The summed E-state index contributed by atoms with van der Waals surface area (Å²) in [5.74, 6) is -0.521. The average molecular weight is 319 g/mol. The molecule has 124 valence electrons. The number of aliphatic hydroxyl groups excluding tert-OH is 1. The molecule has 0 fully saturated rings. The van der Waals surface area contributed by atoms with E-state index in [0.717, 1.165) is 5.69 Å². The van der Waals surface area contributed by atoms with Crippen LogP contribution in [0.25, 0.3) is 5.69 Å². The minimum atomic E-state index is -0.690. The van der Waals surface area contributed by atoms with E-state index in [-0.39, 0.29) is 17.6 Å².